The van der Waals surface area contributed by atoms with Gasteiger partial charge in [0.05, 0.1) is 12.2 Å². The first-order valence-electron chi connectivity index (χ1n) is 8.80. The summed E-state index contributed by atoms with van der Waals surface area (Å²) in [7, 11) is 0. The molecular weight excluding hydrogens is 328 g/mol. The van der Waals surface area contributed by atoms with E-state index in [-0.39, 0.29) is 6.03 Å². The van der Waals surface area contributed by atoms with Crippen molar-refractivity contribution < 1.29 is 4.79 Å². The molecule has 0 radical (unpaired) electrons. The fourth-order valence-electron chi connectivity index (χ4n) is 3.60. The van der Waals surface area contributed by atoms with Crippen LogP contribution in [0.4, 0.5) is 10.6 Å². The predicted octanol–water partition coefficient (Wildman–Crippen LogP) is 2.16. The highest BCUT2D eigenvalue weighted by molar-refractivity contribution is 5.86. The Labute approximate surface area is 151 Å². The molecule has 1 aromatic carbocycles. The van der Waals surface area contributed by atoms with Crippen LogP contribution >= 0.6 is 0 Å². The van der Waals surface area contributed by atoms with Crippen LogP contribution in [0.3, 0.4) is 0 Å². The number of aryl methyl sites for hydroxylation is 1. The fraction of sp³-hybridized carbons (Fsp3) is 0.316. The molecule has 0 saturated heterocycles. The minimum atomic E-state index is -0.0736. The maximum Gasteiger partial charge on any atom is 0.317 e. The zero-order valence-electron chi connectivity index (χ0n) is 14.7. The number of anilines is 1. The maximum atomic E-state index is 12.5. The number of hydrogen-bond donors (Lipinski definition) is 3. The fourth-order valence-corrected chi connectivity index (χ4v) is 3.60. The number of aromatic nitrogens is 3. The molecule has 1 aliphatic heterocycles. The number of nitrogens with one attached hydrogen (secondary N) is 2. The van der Waals surface area contributed by atoms with Gasteiger partial charge in [-0.1, -0.05) is 12.1 Å². The van der Waals surface area contributed by atoms with E-state index in [0.29, 0.717) is 31.9 Å². The summed E-state index contributed by atoms with van der Waals surface area (Å²) in [6, 6.07) is 6.15. The number of rotatable bonds is 3. The molecule has 134 valence electrons. The lowest BCUT2D eigenvalue weighted by atomic mass is 10.1. The Morgan fingerprint density at radius 1 is 1.38 bits per heavy atom. The molecule has 3 heterocycles. The lowest BCUT2D eigenvalue weighted by Gasteiger charge is -2.28. The van der Waals surface area contributed by atoms with E-state index in [2.05, 4.69) is 39.3 Å². The monoisotopic (exact) mass is 350 g/mol. The van der Waals surface area contributed by atoms with Crippen LogP contribution in [-0.4, -0.2) is 39.0 Å². The van der Waals surface area contributed by atoms with Gasteiger partial charge in [0.25, 0.3) is 0 Å². The van der Waals surface area contributed by atoms with Gasteiger partial charge >= 0.3 is 6.03 Å². The third kappa shape index (κ3) is 2.96. The van der Waals surface area contributed by atoms with Crippen LogP contribution in [-0.2, 0) is 19.4 Å². The van der Waals surface area contributed by atoms with E-state index in [1.165, 1.54) is 22.8 Å². The first-order valence-corrected chi connectivity index (χ1v) is 8.80. The number of nitrogen functional groups attached to an aromatic ring is 1. The van der Waals surface area contributed by atoms with Gasteiger partial charge in [-0.25, -0.2) is 14.8 Å². The molecule has 4 rings (SSSR count). The van der Waals surface area contributed by atoms with Crippen molar-refractivity contribution in [1.29, 1.82) is 0 Å². The maximum absolute atomic E-state index is 12.5. The summed E-state index contributed by atoms with van der Waals surface area (Å²) in [6.45, 7) is 3.79. The Bertz CT molecular complexity index is 964. The number of benzene rings is 1. The van der Waals surface area contributed by atoms with E-state index >= 15 is 0 Å². The van der Waals surface area contributed by atoms with Crippen molar-refractivity contribution in [2.45, 2.75) is 26.3 Å². The largest absolute Gasteiger partial charge is 0.383 e. The van der Waals surface area contributed by atoms with Crippen molar-refractivity contribution in [2.24, 2.45) is 0 Å². The number of carbonyl (C=O) groups excluding carboxylic acids is 1. The van der Waals surface area contributed by atoms with Gasteiger partial charge in [-0.15, -0.1) is 0 Å². The zero-order chi connectivity index (χ0) is 18.1. The second-order valence-corrected chi connectivity index (χ2v) is 6.65. The van der Waals surface area contributed by atoms with E-state index in [0.717, 1.165) is 23.2 Å². The van der Waals surface area contributed by atoms with Gasteiger partial charge in [-0.3, -0.25) is 0 Å². The second kappa shape index (κ2) is 6.67. The molecule has 7 heteroatoms. The van der Waals surface area contributed by atoms with E-state index in [1.54, 1.807) is 4.90 Å². The number of hydrogen-bond acceptors (Lipinski definition) is 4. The Morgan fingerprint density at radius 3 is 3.15 bits per heavy atom. The molecule has 0 saturated carbocycles. The van der Waals surface area contributed by atoms with Gasteiger partial charge in [0.1, 0.15) is 12.1 Å². The second-order valence-electron chi connectivity index (χ2n) is 6.65. The SMILES string of the molecule is Cc1cccc2[nH]cc(CCNC(=O)N3CCc4ncnc(N)c4C3)c12. The zero-order valence-corrected chi connectivity index (χ0v) is 14.7. The van der Waals surface area contributed by atoms with Gasteiger partial charge in [0.15, 0.2) is 0 Å². The number of carbonyl (C=O) groups is 1. The predicted molar refractivity (Wildman–Crippen MR) is 101 cm³/mol. The summed E-state index contributed by atoms with van der Waals surface area (Å²) >= 11 is 0. The highest BCUT2D eigenvalue weighted by atomic mass is 16.2. The topological polar surface area (TPSA) is 99.9 Å². The molecule has 0 spiro atoms. The summed E-state index contributed by atoms with van der Waals surface area (Å²) < 4.78 is 0. The van der Waals surface area contributed by atoms with Crippen molar-refractivity contribution >= 4 is 22.8 Å². The lowest BCUT2D eigenvalue weighted by molar-refractivity contribution is 0.192. The van der Waals surface area contributed by atoms with Crippen LogP contribution in [0.15, 0.2) is 30.7 Å². The molecule has 2 amide bonds. The molecule has 2 aromatic heterocycles. The average Bonchev–Trinajstić information content (AvgIpc) is 3.06. The Morgan fingerprint density at radius 2 is 2.27 bits per heavy atom. The summed E-state index contributed by atoms with van der Waals surface area (Å²) in [5, 5.41) is 4.27. The van der Waals surface area contributed by atoms with Gasteiger partial charge in [0, 0.05) is 42.2 Å². The molecule has 0 aliphatic carbocycles. The Balaban J connectivity index is 1.38. The quantitative estimate of drug-likeness (QED) is 0.674. The van der Waals surface area contributed by atoms with Crippen LogP contribution in [0.2, 0.25) is 0 Å². The van der Waals surface area contributed by atoms with Crippen molar-refractivity contribution in [3.8, 4) is 0 Å². The normalized spacial score (nSPS) is 13.7. The molecule has 0 bridgehead atoms. The first kappa shape index (κ1) is 16.4. The Kier molecular flexibility index (Phi) is 4.20. The molecular formula is C19H22N6O. The third-order valence-electron chi connectivity index (χ3n) is 4.99. The van der Waals surface area contributed by atoms with Gasteiger partial charge < -0.3 is 20.9 Å². The summed E-state index contributed by atoms with van der Waals surface area (Å²) in [4.78, 5) is 25.8. The van der Waals surface area contributed by atoms with Crippen LogP contribution in [0.25, 0.3) is 10.9 Å². The van der Waals surface area contributed by atoms with Crippen molar-refractivity contribution in [3.63, 3.8) is 0 Å². The summed E-state index contributed by atoms with van der Waals surface area (Å²) in [5.41, 5.74) is 11.3. The van der Waals surface area contributed by atoms with Gasteiger partial charge in [-0.2, -0.15) is 0 Å². The highest BCUT2D eigenvalue weighted by Gasteiger charge is 2.23. The Hall–Kier alpha value is -3.09. The smallest absolute Gasteiger partial charge is 0.317 e. The molecule has 4 N–H and O–H groups in total. The van der Waals surface area contributed by atoms with Crippen LogP contribution in [0.5, 0.6) is 0 Å². The van der Waals surface area contributed by atoms with E-state index in [9.17, 15) is 4.79 Å². The first-order chi connectivity index (χ1) is 12.6. The van der Waals surface area contributed by atoms with Crippen molar-refractivity contribution in [1.82, 2.24) is 25.2 Å². The summed E-state index contributed by atoms with van der Waals surface area (Å²) in [5.74, 6) is 0.460. The molecule has 7 nitrogen and oxygen atoms in total. The summed E-state index contributed by atoms with van der Waals surface area (Å²) in [6.07, 6.45) is 5.00. The number of nitrogens with two attached hydrogens (primary N) is 1. The van der Waals surface area contributed by atoms with Crippen LogP contribution < -0.4 is 11.1 Å². The molecule has 0 unspecified atom stereocenters. The van der Waals surface area contributed by atoms with Crippen molar-refractivity contribution in [2.75, 3.05) is 18.8 Å². The number of aromatic amines is 1. The average molecular weight is 350 g/mol. The number of fused-ring (bicyclic) bond motifs is 2. The molecule has 0 fully saturated rings. The van der Waals surface area contributed by atoms with E-state index in [1.807, 2.05) is 12.3 Å². The van der Waals surface area contributed by atoms with E-state index in [4.69, 9.17) is 5.73 Å². The number of nitrogens with zero attached hydrogens (tertiary/aromatic N) is 3. The highest BCUT2D eigenvalue weighted by Crippen LogP contribution is 2.23. The molecule has 3 aromatic rings. The molecule has 0 atom stereocenters. The standard InChI is InChI=1S/C19H22N6O/c1-12-3-2-4-16-17(12)13(9-22-16)5-7-21-19(26)25-8-6-15-14(10-25)18(20)24-11-23-15/h2-4,9,11,22H,5-8,10H2,1H3,(H,21,26)(H2,20,23,24). The van der Waals surface area contributed by atoms with Gasteiger partial charge in [-0.05, 0) is 30.5 Å². The minimum absolute atomic E-state index is 0.0736. The minimum Gasteiger partial charge on any atom is -0.383 e. The molecule has 26 heavy (non-hydrogen) atoms. The molecule has 1 aliphatic rings. The number of urea groups is 1. The van der Waals surface area contributed by atoms with Crippen LogP contribution in [0, 0.1) is 6.92 Å². The third-order valence-corrected chi connectivity index (χ3v) is 4.99. The number of amides is 2. The van der Waals surface area contributed by atoms with Crippen LogP contribution in [0.1, 0.15) is 22.4 Å². The number of H-pyrrole nitrogens is 1. The van der Waals surface area contributed by atoms with Crippen molar-refractivity contribution in [3.05, 3.63) is 53.1 Å². The van der Waals surface area contributed by atoms with Gasteiger partial charge in [0.2, 0.25) is 0 Å². The van der Waals surface area contributed by atoms with E-state index < -0.39 is 0 Å². The lowest BCUT2D eigenvalue weighted by Crippen LogP contribution is -2.43.